The van der Waals surface area contributed by atoms with Gasteiger partial charge in [0.05, 0.1) is 23.1 Å². The number of hydrogen-bond acceptors (Lipinski definition) is 5. The maximum absolute atomic E-state index is 6.11. The van der Waals surface area contributed by atoms with E-state index in [4.69, 9.17) is 28.9 Å². The highest BCUT2D eigenvalue weighted by Crippen LogP contribution is 2.64. The molecule has 3 heterocycles. The number of hydrogen-bond donors (Lipinski definition) is 1. The monoisotopic (exact) mass is 444 g/mol. The predicted molar refractivity (Wildman–Crippen MR) is 114 cm³/mol. The number of nitrogens with zero attached hydrogens (tertiary/aromatic N) is 7. The van der Waals surface area contributed by atoms with E-state index in [1.807, 2.05) is 21.9 Å². The summed E-state index contributed by atoms with van der Waals surface area (Å²) < 4.78 is 6.83. The lowest BCUT2D eigenvalue weighted by molar-refractivity contribution is -0.0722. The normalized spacial score (nSPS) is 32.2. The van der Waals surface area contributed by atoms with E-state index in [0.717, 1.165) is 55.9 Å². The van der Waals surface area contributed by atoms with Crippen molar-refractivity contribution in [2.45, 2.75) is 69.9 Å². The van der Waals surface area contributed by atoms with Crippen LogP contribution in [0.25, 0.3) is 5.69 Å². The van der Waals surface area contributed by atoms with Gasteiger partial charge in [-0.1, -0.05) is 0 Å². The molecule has 158 valence electrons. The zero-order valence-electron chi connectivity index (χ0n) is 17.2. The zero-order chi connectivity index (χ0) is 20.7. The summed E-state index contributed by atoms with van der Waals surface area (Å²) in [6, 6.07) is 0. The Labute approximate surface area is 184 Å². The van der Waals surface area contributed by atoms with Gasteiger partial charge in [0, 0.05) is 12.0 Å². The molecule has 8 nitrogen and oxygen atoms in total. The van der Waals surface area contributed by atoms with Crippen molar-refractivity contribution in [3.63, 3.8) is 0 Å². The maximum Gasteiger partial charge on any atom is 0.242 e. The Morgan fingerprint density at radius 2 is 2.03 bits per heavy atom. The van der Waals surface area contributed by atoms with Crippen molar-refractivity contribution in [2.24, 2.45) is 11.8 Å². The van der Waals surface area contributed by atoms with E-state index in [0.29, 0.717) is 21.9 Å². The van der Waals surface area contributed by atoms with E-state index >= 15 is 0 Å². The summed E-state index contributed by atoms with van der Waals surface area (Å²) in [5.41, 5.74) is 2.07. The van der Waals surface area contributed by atoms with Gasteiger partial charge in [0.25, 0.3) is 0 Å². The van der Waals surface area contributed by atoms with Crippen LogP contribution in [0.1, 0.15) is 57.0 Å². The topological polar surface area (TPSA) is 82.1 Å². The number of rotatable bonds is 4. The Kier molecular flexibility index (Phi) is 3.91. The Morgan fingerprint density at radius 1 is 1.27 bits per heavy atom. The van der Waals surface area contributed by atoms with Crippen LogP contribution in [0, 0.1) is 23.5 Å². The summed E-state index contributed by atoms with van der Waals surface area (Å²) in [4.78, 5) is 4.22. The molecule has 30 heavy (non-hydrogen) atoms. The second-order valence-corrected chi connectivity index (χ2v) is 10.3. The summed E-state index contributed by atoms with van der Waals surface area (Å²) in [6.45, 7) is 5.03. The van der Waals surface area contributed by atoms with E-state index in [2.05, 4.69) is 38.7 Å². The highest BCUT2D eigenvalue weighted by Gasteiger charge is 2.61. The SMILES string of the molecule is CCn1ncc(-n2c(C34C[C@@H]5C[C@@H](C3)CC(n3cnc(Cl)n3)(C5)C4)n[nH]c2=S)c1C. The summed E-state index contributed by atoms with van der Waals surface area (Å²) in [5, 5.41) is 17.3. The van der Waals surface area contributed by atoms with Crippen LogP contribution < -0.4 is 0 Å². The van der Waals surface area contributed by atoms with Gasteiger partial charge in [-0.3, -0.25) is 14.3 Å². The van der Waals surface area contributed by atoms with Gasteiger partial charge in [0.2, 0.25) is 5.28 Å². The molecule has 10 heteroatoms. The molecule has 1 N–H and O–H groups in total. The minimum atomic E-state index is -0.0364. The highest BCUT2D eigenvalue weighted by atomic mass is 35.5. The lowest BCUT2D eigenvalue weighted by atomic mass is 9.46. The molecule has 0 spiro atoms. The summed E-state index contributed by atoms with van der Waals surface area (Å²) >= 11 is 11.8. The van der Waals surface area contributed by atoms with Gasteiger partial charge >= 0.3 is 0 Å². The Morgan fingerprint density at radius 3 is 2.67 bits per heavy atom. The first kappa shape index (κ1) is 18.7. The molecule has 0 radical (unpaired) electrons. The zero-order valence-corrected chi connectivity index (χ0v) is 18.7. The third-order valence-electron chi connectivity index (χ3n) is 7.74. The third-order valence-corrected chi connectivity index (χ3v) is 8.19. The van der Waals surface area contributed by atoms with Crippen molar-refractivity contribution in [3.05, 3.63) is 34.1 Å². The van der Waals surface area contributed by atoms with Crippen molar-refractivity contribution < 1.29 is 0 Å². The van der Waals surface area contributed by atoms with Crippen LogP contribution in [0.15, 0.2) is 12.5 Å². The van der Waals surface area contributed by atoms with Gasteiger partial charge in [-0.15, -0.1) is 5.10 Å². The molecule has 4 bridgehead atoms. The number of aromatic amines is 1. The van der Waals surface area contributed by atoms with Crippen molar-refractivity contribution >= 4 is 23.8 Å². The Hall–Kier alpha value is -2.00. The van der Waals surface area contributed by atoms with E-state index < -0.39 is 0 Å². The fourth-order valence-corrected chi connectivity index (χ4v) is 7.42. The van der Waals surface area contributed by atoms with Crippen LogP contribution in [0.2, 0.25) is 5.28 Å². The largest absolute Gasteiger partial charge is 0.268 e. The van der Waals surface area contributed by atoms with Crippen LogP contribution >= 0.6 is 23.8 Å². The molecule has 3 aromatic rings. The molecule has 4 aliphatic rings. The predicted octanol–water partition coefficient (Wildman–Crippen LogP) is 3.95. The molecule has 2 atom stereocenters. The maximum atomic E-state index is 6.11. The molecule has 0 saturated heterocycles. The van der Waals surface area contributed by atoms with E-state index in [1.165, 1.54) is 6.42 Å². The van der Waals surface area contributed by atoms with Gasteiger partial charge in [0.1, 0.15) is 12.2 Å². The fourth-order valence-electron chi connectivity index (χ4n) is 7.07. The van der Waals surface area contributed by atoms with Crippen molar-refractivity contribution in [3.8, 4) is 5.69 Å². The standard InChI is InChI=1S/C20H25ClN8S/c1-3-27-12(2)15(9-23-27)29-16(24-25-18(29)30)19-5-13-4-14(6-19)8-20(7-13,10-19)28-11-22-17(21)26-28/h9,11,13-14H,3-8,10H2,1-2H3,(H,25,30)/t13-,14-,19?,20?/m0/s1. The lowest BCUT2D eigenvalue weighted by Gasteiger charge is -2.61. The average molecular weight is 445 g/mol. The van der Waals surface area contributed by atoms with E-state index in [-0.39, 0.29) is 11.0 Å². The van der Waals surface area contributed by atoms with Gasteiger partial charge in [0.15, 0.2) is 4.77 Å². The number of nitrogens with one attached hydrogen (secondary N) is 1. The second kappa shape index (κ2) is 6.26. The average Bonchev–Trinajstić information content (AvgIpc) is 3.39. The van der Waals surface area contributed by atoms with Crippen LogP contribution in [0.4, 0.5) is 0 Å². The fraction of sp³-hybridized carbons (Fsp3) is 0.650. The summed E-state index contributed by atoms with van der Waals surface area (Å²) in [7, 11) is 0. The number of aryl methyl sites for hydroxylation is 1. The molecular weight excluding hydrogens is 420 g/mol. The van der Waals surface area contributed by atoms with Crippen LogP contribution in [0.5, 0.6) is 0 Å². The smallest absolute Gasteiger partial charge is 0.242 e. The molecule has 4 saturated carbocycles. The van der Waals surface area contributed by atoms with Gasteiger partial charge in [-0.25, -0.2) is 9.67 Å². The first-order chi connectivity index (χ1) is 14.4. The van der Waals surface area contributed by atoms with Crippen molar-refractivity contribution in [1.29, 1.82) is 0 Å². The first-order valence-corrected chi connectivity index (χ1v) is 11.5. The summed E-state index contributed by atoms with van der Waals surface area (Å²) in [6.07, 6.45) is 10.6. The number of H-pyrrole nitrogens is 1. The molecule has 0 aromatic carbocycles. The molecule has 4 aliphatic carbocycles. The summed E-state index contributed by atoms with van der Waals surface area (Å²) in [5.74, 6) is 2.37. The number of halogens is 1. The van der Waals surface area contributed by atoms with E-state index in [1.54, 1.807) is 0 Å². The van der Waals surface area contributed by atoms with Crippen molar-refractivity contribution in [2.75, 3.05) is 0 Å². The van der Waals surface area contributed by atoms with Gasteiger partial charge in [-0.2, -0.15) is 10.2 Å². The molecule has 0 aliphatic heterocycles. The van der Waals surface area contributed by atoms with Crippen LogP contribution in [-0.2, 0) is 17.5 Å². The Bertz CT molecular complexity index is 1170. The molecule has 7 rings (SSSR count). The molecule has 4 fully saturated rings. The lowest BCUT2D eigenvalue weighted by Crippen LogP contribution is -2.59. The van der Waals surface area contributed by atoms with Crippen molar-refractivity contribution in [1.82, 2.24) is 39.3 Å². The molecule has 3 aromatic heterocycles. The molecule has 0 amide bonds. The molecule has 0 unspecified atom stereocenters. The molecular formula is C20H25ClN8S. The third kappa shape index (κ3) is 2.48. The quantitative estimate of drug-likeness (QED) is 0.616. The Balaban J connectivity index is 1.50. The first-order valence-electron chi connectivity index (χ1n) is 10.7. The van der Waals surface area contributed by atoms with E-state index in [9.17, 15) is 0 Å². The second-order valence-electron chi connectivity index (χ2n) is 9.54. The van der Waals surface area contributed by atoms with Crippen LogP contribution in [-0.4, -0.2) is 39.3 Å². The minimum Gasteiger partial charge on any atom is -0.268 e. The number of aromatic nitrogens is 8. The van der Waals surface area contributed by atoms with Crippen LogP contribution in [0.3, 0.4) is 0 Å². The van der Waals surface area contributed by atoms with Gasteiger partial charge in [-0.05, 0) is 88.0 Å². The van der Waals surface area contributed by atoms with Gasteiger partial charge < -0.3 is 0 Å². The highest BCUT2D eigenvalue weighted by molar-refractivity contribution is 7.71. The minimum absolute atomic E-state index is 0.0309.